The normalized spacial score (nSPS) is 23.9. The molecule has 84 heavy (non-hydrogen) atoms. The third kappa shape index (κ3) is 16.4. The maximum absolute atomic E-state index is 13.2. The van der Waals surface area contributed by atoms with Gasteiger partial charge in [0.25, 0.3) is 0 Å². The van der Waals surface area contributed by atoms with E-state index in [0.29, 0.717) is 23.9 Å². The Bertz CT molecular complexity index is 2680. The van der Waals surface area contributed by atoms with Crippen LogP contribution in [0, 0.1) is 11.3 Å². The Morgan fingerprint density at radius 1 is 0.583 bits per heavy atom. The summed E-state index contributed by atoms with van der Waals surface area (Å²) in [5, 5.41) is 6.41. The van der Waals surface area contributed by atoms with E-state index < -0.39 is 12.6 Å². The maximum Gasteiger partial charge on any atom is 0.389 e. The van der Waals surface area contributed by atoms with Gasteiger partial charge in [-0.05, 0) is 235 Å². The van der Waals surface area contributed by atoms with Crippen molar-refractivity contribution in [2.75, 3.05) is 72.5 Å². The van der Waals surface area contributed by atoms with E-state index >= 15 is 0 Å². The molecule has 10 rings (SSSR count). The first-order valence-electron chi connectivity index (χ1n) is 32.5. The highest BCUT2D eigenvalue weighted by Gasteiger charge is 2.46. The summed E-state index contributed by atoms with van der Waals surface area (Å²) >= 11 is 0. The number of fused-ring (bicyclic) bond motifs is 6. The number of carbonyl (C=O) groups excluding carboxylic acids is 4. The van der Waals surface area contributed by atoms with Gasteiger partial charge in [0.05, 0.1) is 18.1 Å². The highest BCUT2D eigenvalue weighted by Crippen LogP contribution is 2.51. The number of halogens is 3. The summed E-state index contributed by atoms with van der Waals surface area (Å²) in [6, 6.07) is 26.1. The lowest BCUT2D eigenvalue weighted by molar-refractivity contribution is -0.141. The number of benzene rings is 3. The molecule has 2 N–H and O–H groups in total. The van der Waals surface area contributed by atoms with E-state index in [0.717, 1.165) is 96.3 Å². The Hall–Kier alpha value is -4.79. The minimum atomic E-state index is -4.06. The second-order valence-electron chi connectivity index (χ2n) is 28.1. The van der Waals surface area contributed by atoms with Gasteiger partial charge in [-0.25, -0.2) is 0 Å². The second kappa shape index (κ2) is 28.4. The topological polar surface area (TPSA) is 109 Å². The molecule has 11 nitrogen and oxygen atoms in total. The molecule has 3 spiro atoms. The molecule has 4 heterocycles. The molecule has 4 atom stereocenters. The van der Waals surface area contributed by atoms with E-state index in [1.165, 1.54) is 105 Å². The summed E-state index contributed by atoms with van der Waals surface area (Å²) in [6.07, 6.45) is 14.0. The summed E-state index contributed by atoms with van der Waals surface area (Å²) in [5.41, 5.74) is 9.24. The first-order chi connectivity index (χ1) is 39.9. The number of likely N-dealkylation sites (tertiary alicyclic amines) is 4. The highest BCUT2D eigenvalue weighted by atomic mass is 19.4. The van der Waals surface area contributed by atoms with Crippen LogP contribution in [0.25, 0.3) is 0 Å². The summed E-state index contributed by atoms with van der Waals surface area (Å²) in [5.74, 6) is 0.974. The lowest BCUT2D eigenvalue weighted by Gasteiger charge is -2.48. The molecule has 4 aliphatic heterocycles. The smallest absolute Gasteiger partial charge is 0.350 e. The number of nitrogens with zero attached hydrogens (tertiary/aromatic N) is 5. The number of nitrogens with one attached hydrogen (secondary N) is 2. The molecular formula is C70H108F3N7O4. The molecule has 0 saturated carbocycles. The van der Waals surface area contributed by atoms with Gasteiger partial charge in [0, 0.05) is 43.6 Å². The van der Waals surface area contributed by atoms with E-state index in [9.17, 15) is 32.3 Å². The Morgan fingerprint density at radius 2 is 1.04 bits per heavy atom. The van der Waals surface area contributed by atoms with Gasteiger partial charge in [-0.15, -0.1) is 0 Å². The predicted molar refractivity (Wildman–Crippen MR) is 336 cm³/mol. The molecule has 3 aromatic rings. The fourth-order valence-electron chi connectivity index (χ4n) is 15.6. The van der Waals surface area contributed by atoms with Crippen LogP contribution < -0.4 is 10.6 Å². The van der Waals surface area contributed by atoms with Crippen molar-refractivity contribution in [1.29, 1.82) is 0 Å². The zero-order chi connectivity index (χ0) is 60.5. The molecule has 0 bridgehead atoms. The fourth-order valence-corrected chi connectivity index (χ4v) is 15.6. The molecule has 468 valence electrons. The SMILES string of the molecule is CC(=O)N(C)[C@H]1CCC2(CCN(CCC(C)C)CC2)c2ccccc21.CC(=O)N1CCCCC1C(=O)N[C@@H]1CCC2(CCN(CCC(C)(C)C)CC2)c2ccccc21.CC(=O)N[C@H]1CCC2(CCN(CCCC(F)(F)F)CC2)c2ccccc21.[HH].[HH]. The molecule has 3 aromatic carbocycles. The van der Waals surface area contributed by atoms with Crippen molar-refractivity contribution in [2.24, 2.45) is 11.3 Å². The number of hydrogen-bond acceptors (Lipinski definition) is 7. The van der Waals surface area contributed by atoms with Gasteiger partial charge in [-0.2, -0.15) is 13.2 Å². The van der Waals surface area contributed by atoms with Crippen LogP contribution in [0.1, 0.15) is 232 Å². The largest absolute Gasteiger partial charge is 0.389 e. The molecular weight excluding hydrogens is 1060 g/mol. The lowest BCUT2D eigenvalue weighted by Crippen LogP contribution is -2.53. The van der Waals surface area contributed by atoms with Gasteiger partial charge >= 0.3 is 6.18 Å². The quantitative estimate of drug-likeness (QED) is 0.186. The van der Waals surface area contributed by atoms with E-state index in [1.54, 1.807) is 25.7 Å². The van der Waals surface area contributed by atoms with Crippen LogP contribution in [0.4, 0.5) is 13.2 Å². The summed E-state index contributed by atoms with van der Waals surface area (Å²) < 4.78 is 37.0. The van der Waals surface area contributed by atoms with Gasteiger partial charge in [0.1, 0.15) is 6.04 Å². The number of alkyl halides is 3. The first-order valence-corrected chi connectivity index (χ1v) is 32.5. The third-order valence-corrected chi connectivity index (χ3v) is 20.9. The van der Waals surface area contributed by atoms with Crippen LogP contribution in [0.2, 0.25) is 0 Å². The van der Waals surface area contributed by atoms with Crippen molar-refractivity contribution < 1.29 is 35.2 Å². The lowest BCUT2D eigenvalue weighted by atomic mass is 9.63. The van der Waals surface area contributed by atoms with Gasteiger partial charge in [0.15, 0.2) is 0 Å². The Morgan fingerprint density at radius 3 is 1.50 bits per heavy atom. The Labute approximate surface area is 506 Å². The van der Waals surface area contributed by atoms with Crippen LogP contribution in [-0.2, 0) is 35.4 Å². The van der Waals surface area contributed by atoms with E-state index in [-0.39, 0.29) is 67.9 Å². The average Bonchev–Trinajstić information content (AvgIpc) is 1.12. The maximum atomic E-state index is 13.2. The Kier molecular flexibility index (Phi) is 22.0. The molecule has 0 radical (unpaired) electrons. The predicted octanol–water partition coefficient (Wildman–Crippen LogP) is 14.0. The zero-order valence-corrected chi connectivity index (χ0v) is 52.8. The summed E-state index contributed by atoms with van der Waals surface area (Å²) in [7, 11) is 1.95. The fraction of sp³-hybridized carbons (Fsp3) is 0.686. The number of amides is 4. The summed E-state index contributed by atoms with van der Waals surface area (Å²) in [6.45, 7) is 26.5. The van der Waals surface area contributed by atoms with Crippen LogP contribution >= 0.6 is 0 Å². The number of hydrogen-bond donors (Lipinski definition) is 2. The van der Waals surface area contributed by atoms with Crippen molar-refractivity contribution in [3.8, 4) is 0 Å². The molecule has 7 aliphatic rings. The minimum Gasteiger partial charge on any atom is -0.350 e. The van der Waals surface area contributed by atoms with Crippen molar-refractivity contribution >= 4 is 23.6 Å². The summed E-state index contributed by atoms with van der Waals surface area (Å²) in [4.78, 5) is 59.9. The number of piperidine rings is 4. The third-order valence-electron chi connectivity index (χ3n) is 20.9. The second-order valence-corrected chi connectivity index (χ2v) is 28.1. The molecule has 14 heteroatoms. The standard InChI is InChI=1S/C28H43N3O2.C22H34N2O.C20H27F3N2O.2H2/c1-21(32)31-17-8-7-11-25(31)26(33)29-24-12-13-28(23-10-6-5-9-22(23)24)15-19-30(20-16-28)18-14-27(2,3)4;1-17(2)10-14-24-15-12-22(13-16-24)11-9-21(23(4)18(3)25)19-7-5-6-8-20(19)22;1-15(26)24-18-7-9-19(17-6-3-2-5-16(17)18)10-13-25(14-11-19)12-4-8-20(21,22)23;;/h5-6,9-10,24-25H,7-8,11-20H2,1-4H3,(H,29,33);5-8,17,21H,9-16H2,1-4H3;2-3,5-6,18H,4,7-14H2,1H3,(H,24,26);2*1H/t24-,25?;21-;18-;;/m100../s1. The first kappa shape index (κ1) is 65.2. The number of rotatable bonds is 12. The van der Waals surface area contributed by atoms with Crippen LogP contribution in [0.5, 0.6) is 0 Å². The van der Waals surface area contributed by atoms with Crippen molar-refractivity contribution in [3.05, 3.63) is 106 Å². The van der Waals surface area contributed by atoms with E-state index in [4.69, 9.17) is 0 Å². The van der Waals surface area contributed by atoms with Crippen molar-refractivity contribution in [3.63, 3.8) is 0 Å². The molecule has 3 aliphatic carbocycles. The van der Waals surface area contributed by atoms with Gasteiger partial charge in [0.2, 0.25) is 23.6 Å². The average molecular weight is 1170 g/mol. The monoisotopic (exact) mass is 1170 g/mol. The molecule has 4 amide bonds. The van der Waals surface area contributed by atoms with Crippen molar-refractivity contribution in [2.45, 2.75) is 224 Å². The van der Waals surface area contributed by atoms with Crippen LogP contribution in [0.15, 0.2) is 72.8 Å². The Balaban J connectivity index is 0.000000207. The van der Waals surface area contributed by atoms with Crippen LogP contribution in [-0.4, -0.2) is 133 Å². The molecule has 4 fully saturated rings. The van der Waals surface area contributed by atoms with Gasteiger partial charge < -0.3 is 35.1 Å². The molecule has 0 aromatic heterocycles. The molecule has 4 saturated heterocycles. The van der Waals surface area contributed by atoms with Crippen molar-refractivity contribution in [1.82, 2.24) is 35.1 Å². The zero-order valence-electron chi connectivity index (χ0n) is 52.8. The van der Waals surface area contributed by atoms with Gasteiger partial charge in [-0.3, -0.25) is 19.2 Å². The number of carbonyl (C=O) groups is 4. The minimum absolute atomic E-state index is 0. The van der Waals surface area contributed by atoms with Gasteiger partial charge in [-0.1, -0.05) is 107 Å². The van der Waals surface area contributed by atoms with E-state index in [2.05, 4.69) is 121 Å². The highest BCUT2D eigenvalue weighted by molar-refractivity contribution is 5.87. The van der Waals surface area contributed by atoms with E-state index in [1.807, 2.05) is 24.1 Å². The molecule has 1 unspecified atom stereocenters. The van der Waals surface area contributed by atoms with Crippen LogP contribution in [0.3, 0.4) is 0 Å².